The Morgan fingerprint density at radius 3 is 2.60 bits per heavy atom. The summed E-state index contributed by atoms with van der Waals surface area (Å²) in [4.78, 5) is 33.2. The molecule has 48 heavy (non-hydrogen) atoms. The Balaban J connectivity index is 1.44. The largest absolute Gasteiger partial charge is 0.388 e. The highest BCUT2D eigenvalue weighted by Gasteiger charge is 2.59. The molecule has 13 heteroatoms. The van der Waals surface area contributed by atoms with Gasteiger partial charge in [0, 0.05) is 61.6 Å². The molecule has 5 saturated heterocycles. The number of aliphatic hydroxyl groups is 1. The Bertz CT molecular complexity index is 1170. The number of halogens is 2. The van der Waals surface area contributed by atoms with E-state index in [2.05, 4.69) is 41.3 Å². The second kappa shape index (κ2) is 14.8. The quantitative estimate of drug-likeness (QED) is 0.327. The highest BCUT2D eigenvalue weighted by molar-refractivity contribution is 5.87. The van der Waals surface area contributed by atoms with Gasteiger partial charge in [-0.3, -0.25) is 15.0 Å². The van der Waals surface area contributed by atoms with Crippen molar-refractivity contribution < 1.29 is 33.0 Å². The molecule has 0 aromatic heterocycles. The first kappa shape index (κ1) is 35.9. The lowest BCUT2D eigenvalue weighted by Crippen LogP contribution is -2.81. The van der Waals surface area contributed by atoms with Gasteiger partial charge in [-0.15, -0.1) is 0 Å². The van der Waals surface area contributed by atoms with Crippen LogP contribution in [0.4, 0.5) is 13.6 Å². The summed E-state index contributed by atoms with van der Waals surface area (Å²) in [7, 11) is 0. The standard InChI is InChI=1S/C35H58F2N6O5/c1-7-27(45)41-15-20(6)42(16-19(41)5)33-22-14-24(37)30-28-23(36)10-9-11-26(28)48-17-25(44)32(47-8-2)21-12-13-38-29(18(3)4)31(21)43(34(22)39-30)35(46)40-33/h7,18-26,28-34,38-39,44H,1,8-17H2,2-6H3,(H,40,46)/t19-,20+,21?,22?,23?,24?,25?,26?,28?,29?,30?,31?,32?,33?,34?/m1/s1. The van der Waals surface area contributed by atoms with Gasteiger partial charge in [0.15, 0.2) is 0 Å². The number of piperidine rings is 2. The van der Waals surface area contributed by atoms with E-state index in [1.54, 1.807) is 4.90 Å². The Labute approximate surface area is 284 Å². The highest BCUT2D eigenvalue weighted by atomic mass is 19.1. The Morgan fingerprint density at radius 2 is 1.90 bits per heavy atom. The third-order valence-corrected chi connectivity index (χ3v) is 12.3. The van der Waals surface area contributed by atoms with Crippen LogP contribution in [0.3, 0.4) is 0 Å². The molecule has 272 valence electrons. The smallest absolute Gasteiger partial charge is 0.320 e. The molecule has 0 aromatic rings. The fourth-order valence-electron chi connectivity index (χ4n) is 10.1. The number of fused-ring (bicyclic) bond motifs is 5. The van der Waals surface area contributed by atoms with Gasteiger partial charge in [-0.2, -0.15) is 0 Å². The molecular formula is C35H58F2N6O5. The van der Waals surface area contributed by atoms with Crippen molar-refractivity contribution in [2.24, 2.45) is 23.7 Å². The second-order valence-electron chi connectivity index (χ2n) is 15.5. The monoisotopic (exact) mass is 680 g/mol. The van der Waals surface area contributed by atoms with E-state index >= 15 is 8.78 Å². The van der Waals surface area contributed by atoms with Crippen LogP contribution in [-0.2, 0) is 14.3 Å². The third kappa shape index (κ3) is 6.52. The van der Waals surface area contributed by atoms with Crippen LogP contribution in [-0.4, -0.2) is 138 Å². The molecule has 4 N–H and O–H groups in total. The van der Waals surface area contributed by atoms with Gasteiger partial charge in [-0.1, -0.05) is 20.4 Å². The number of carbonyl (C=O) groups is 2. The van der Waals surface area contributed by atoms with Crippen molar-refractivity contribution in [3.05, 3.63) is 12.7 Å². The number of ether oxygens (including phenoxy) is 2. The maximum Gasteiger partial charge on any atom is 0.320 e. The molecule has 15 atom stereocenters. The maximum atomic E-state index is 16.7. The molecule has 5 aliphatic heterocycles. The highest BCUT2D eigenvalue weighted by Crippen LogP contribution is 2.44. The average molecular weight is 681 g/mol. The number of urea groups is 1. The molecule has 13 unspecified atom stereocenters. The summed E-state index contributed by atoms with van der Waals surface area (Å²) in [6, 6.07) is -1.90. The molecule has 1 saturated carbocycles. The molecule has 0 aromatic carbocycles. The lowest BCUT2D eigenvalue weighted by Gasteiger charge is -2.61. The predicted molar refractivity (Wildman–Crippen MR) is 177 cm³/mol. The number of aliphatic hydroxyl groups excluding tert-OH is 1. The van der Waals surface area contributed by atoms with Gasteiger partial charge in [-0.05, 0) is 71.4 Å². The van der Waals surface area contributed by atoms with Crippen LogP contribution in [0.5, 0.6) is 0 Å². The van der Waals surface area contributed by atoms with E-state index in [1.165, 1.54) is 6.08 Å². The number of nitrogens with one attached hydrogen (secondary N) is 3. The van der Waals surface area contributed by atoms with E-state index in [4.69, 9.17) is 9.47 Å². The zero-order valence-corrected chi connectivity index (χ0v) is 29.3. The van der Waals surface area contributed by atoms with Crippen molar-refractivity contribution >= 4 is 11.9 Å². The molecule has 5 heterocycles. The van der Waals surface area contributed by atoms with E-state index in [0.29, 0.717) is 51.9 Å². The van der Waals surface area contributed by atoms with Crippen LogP contribution in [0, 0.1) is 23.7 Å². The number of alkyl halides is 2. The van der Waals surface area contributed by atoms with Gasteiger partial charge in [0.2, 0.25) is 5.91 Å². The molecule has 2 bridgehead atoms. The van der Waals surface area contributed by atoms with Gasteiger partial charge < -0.3 is 35.0 Å². The summed E-state index contributed by atoms with van der Waals surface area (Å²) in [5.41, 5.74) is 0. The SMILES string of the molecule is C=CC(=O)N1C[C@H](C)N(C2NC(=O)N3C4NC(C(F)CC42)C2C(F)CCCC2OCC(O)C(OCC)C2CCNC(C(C)C)C23)C[C@H]1C. The van der Waals surface area contributed by atoms with Crippen molar-refractivity contribution in [1.29, 1.82) is 0 Å². The number of carbonyl (C=O) groups excluding carboxylic acids is 2. The van der Waals surface area contributed by atoms with Crippen molar-refractivity contribution in [1.82, 2.24) is 30.7 Å². The van der Waals surface area contributed by atoms with Crippen molar-refractivity contribution in [3.8, 4) is 0 Å². The molecule has 1 aliphatic carbocycles. The molecule has 6 aliphatic rings. The second-order valence-corrected chi connectivity index (χ2v) is 15.5. The first-order chi connectivity index (χ1) is 23.0. The predicted octanol–water partition coefficient (Wildman–Crippen LogP) is 2.39. The van der Waals surface area contributed by atoms with Crippen LogP contribution >= 0.6 is 0 Å². The zero-order valence-electron chi connectivity index (χ0n) is 29.3. The summed E-state index contributed by atoms with van der Waals surface area (Å²) in [6.07, 6.45) is -2.25. The number of hydrogen-bond acceptors (Lipinski definition) is 8. The van der Waals surface area contributed by atoms with Gasteiger partial charge in [0.25, 0.3) is 0 Å². The van der Waals surface area contributed by atoms with E-state index in [0.717, 1.165) is 0 Å². The van der Waals surface area contributed by atoms with Crippen molar-refractivity contribution in [2.45, 2.75) is 140 Å². The van der Waals surface area contributed by atoms with Gasteiger partial charge >= 0.3 is 6.03 Å². The summed E-state index contributed by atoms with van der Waals surface area (Å²) >= 11 is 0. The van der Waals surface area contributed by atoms with Gasteiger partial charge in [0.05, 0.1) is 37.2 Å². The van der Waals surface area contributed by atoms with E-state index in [1.807, 2.05) is 25.7 Å². The Morgan fingerprint density at radius 1 is 1.12 bits per heavy atom. The number of rotatable bonds is 5. The van der Waals surface area contributed by atoms with Crippen LogP contribution in [0.25, 0.3) is 0 Å². The molecule has 0 spiro atoms. The summed E-state index contributed by atoms with van der Waals surface area (Å²) in [6.45, 7) is 15.8. The fraction of sp³-hybridized carbons (Fsp3) is 0.886. The lowest BCUT2D eigenvalue weighted by molar-refractivity contribution is -0.166. The summed E-state index contributed by atoms with van der Waals surface area (Å²) in [5, 5.41) is 22.3. The molecule has 6 rings (SSSR count). The Hall–Kier alpha value is -1.90. The van der Waals surface area contributed by atoms with Gasteiger partial charge in [0.1, 0.15) is 18.4 Å². The number of amides is 3. The maximum absolute atomic E-state index is 16.7. The molecule has 0 radical (unpaired) electrons. The van der Waals surface area contributed by atoms with Crippen LogP contribution < -0.4 is 16.0 Å². The topological polar surface area (TPSA) is 119 Å². The van der Waals surface area contributed by atoms with E-state index < -0.39 is 61.0 Å². The molecule has 11 nitrogen and oxygen atoms in total. The minimum Gasteiger partial charge on any atom is -0.388 e. The van der Waals surface area contributed by atoms with Crippen molar-refractivity contribution in [2.75, 3.05) is 32.8 Å². The average Bonchev–Trinajstić information content (AvgIpc) is 3.06. The van der Waals surface area contributed by atoms with Gasteiger partial charge in [-0.25, -0.2) is 13.6 Å². The minimum absolute atomic E-state index is 0.0397. The molecule has 3 amide bonds. The summed E-state index contributed by atoms with van der Waals surface area (Å²) < 4.78 is 45.4. The van der Waals surface area contributed by atoms with Crippen LogP contribution in [0.2, 0.25) is 0 Å². The molecule has 6 fully saturated rings. The first-order valence-electron chi connectivity index (χ1n) is 18.4. The third-order valence-electron chi connectivity index (χ3n) is 12.3. The van der Waals surface area contributed by atoms with E-state index in [-0.39, 0.29) is 60.8 Å². The number of piperazine rings is 1. The number of hydrogen-bond donors (Lipinski definition) is 4. The fourth-order valence-corrected chi connectivity index (χ4v) is 10.1. The van der Waals surface area contributed by atoms with E-state index in [9.17, 15) is 14.7 Å². The first-order valence-corrected chi connectivity index (χ1v) is 18.4. The minimum atomic E-state index is -1.38. The normalized spacial score (nSPS) is 45.7. The lowest BCUT2D eigenvalue weighted by atomic mass is 9.71. The Kier molecular flexibility index (Phi) is 11.0. The van der Waals surface area contributed by atoms with Crippen LogP contribution in [0.15, 0.2) is 12.7 Å². The number of nitrogens with zero attached hydrogens (tertiary/aromatic N) is 3. The molecular weight excluding hydrogens is 622 g/mol. The van der Waals surface area contributed by atoms with Crippen molar-refractivity contribution in [3.63, 3.8) is 0 Å². The summed E-state index contributed by atoms with van der Waals surface area (Å²) in [5.74, 6) is -1.37. The zero-order chi connectivity index (χ0) is 34.4. The van der Waals surface area contributed by atoms with Crippen LogP contribution in [0.1, 0.15) is 66.7 Å².